The van der Waals surface area contributed by atoms with Gasteiger partial charge in [0.05, 0.1) is 6.42 Å². The minimum atomic E-state index is -0.758. The van der Waals surface area contributed by atoms with Crippen molar-refractivity contribution in [3.63, 3.8) is 0 Å². The first kappa shape index (κ1) is 16.7. The van der Waals surface area contributed by atoms with E-state index in [4.69, 9.17) is 0 Å². The molecule has 6 heteroatoms. The van der Waals surface area contributed by atoms with Gasteiger partial charge >= 0.3 is 0 Å². The lowest BCUT2D eigenvalue weighted by molar-refractivity contribution is -0.124. The minimum absolute atomic E-state index is 0.0264. The second kappa shape index (κ2) is 7.61. The third kappa shape index (κ3) is 4.44. The molecule has 1 heterocycles. The number of nitrogens with zero attached hydrogens (tertiary/aromatic N) is 1. The summed E-state index contributed by atoms with van der Waals surface area (Å²) < 4.78 is 0. The number of guanidine groups is 1. The summed E-state index contributed by atoms with van der Waals surface area (Å²) in [6, 6.07) is 16.2. The number of benzene rings is 2. The van der Waals surface area contributed by atoms with Gasteiger partial charge in [0.1, 0.15) is 6.04 Å². The summed E-state index contributed by atoms with van der Waals surface area (Å²) in [6.45, 7) is 2.09. The Morgan fingerprint density at radius 1 is 1.12 bits per heavy atom. The molecule has 6 nitrogen and oxygen atoms in total. The average Bonchev–Trinajstić information content (AvgIpc) is 2.63. The lowest BCUT2D eigenvalue weighted by atomic mass is 10.1. The van der Waals surface area contributed by atoms with E-state index in [-0.39, 0.29) is 24.2 Å². The molecule has 0 saturated carbocycles. The van der Waals surface area contributed by atoms with E-state index in [1.54, 1.807) is 12.1 Å². The molecule has 0 saturated heterocycles. The van der Waals surface area contributed by atoms with E-state index in [1.807, 2.05) is 42.5 Å². The summed E-state index contributed by atoms with van der Waals surface area (Å²) in [7, 11) is 0. The molecular formula is C19H20N4O2. The fourth-order valence-corrected chi connectivity index (χ4v) is 2.51. The molecule has 0 bridgehead atoms. The molecule has 25 heavy (non-hydrogen) atoms. The minimum Gasteiger partial charge on any atom is -0.326 e. The molecule has 1 unspecified atom stereocenters. The van der Waals surface area contributed by atoms with Crippen LogP contribution in [-0.4, -0.2) is 23.8 Å². The molecule has 0 spiro atoms. The molecule has 128 valence electrons. The van der Waals surface area contributed by atoms with Crippen molar-refractivity contribution in [1.82, 2.24) is 5.32 Å². The number of carbonyl (C=O) groups is 2. The van der Waals surface area contributed by atoms with Crippen LogP contribution in [0.1, 0.15) is 18.9 Å². The van der Waals surface area contributed by atoms with Gasteiger partial charge in [0, 0.05) is 11.4 Å². The van der Waals surface area contributed by atoms with Crippen molar-refractivity contribution < 1.29 is 9.59 Å². The van der Waals surface area contributed by atoms with Crippen LogP contribution >= 0.6 is 0 Å². The van der Waals surface area contributed by atoms with Crippen molar-refractivity contribution in [3.05, 3.63) is 60.2 Å². The Bertz CT molecular complexity index is 785. The Balaban J connectivity index is 1.70. The summed E-state index contributed by atoms with van der Waals surface area (Å²) >= 11 is 0. The van der Waals surface area contributed by atoms with Gasteiger partial charge in [0.2, 0.25) is 17.8 Å². The second-order valence-corrected chi connectivity index (χ2v) is 5.78. The van der Waals surface area contributed by atoms with Crippen LogP contribution in [0.5, 0.6) is 0 Å². The highest BCUT2D eigenvalue weighted by Crippen LogP contribution is 2.13. The number of aliphatic imine (C=N–C) groups is 1. The molecule has 0 aliphatic carbocycles. The van der Waals surface area contributed by atoms with Crippen molar-refractivity contribution in [2.75, 3.05) is 10.6 Å². The standard InChI is InChI=1S/C19H20N4O2/c1-2-13-8-10-15(11-9-13)21-19-22-16(12-17(24)23-19)18(25)20-14-6-4-3-5-7-14/h3-11,16H,2,12H2,1H3,(H,20,25)(H2,21,22,23,24). The molecule has 3 rings (SSSR count). The smallest absolute Gasteiger partial charge is 0.249 e. The van der Waals surface area contributed by atoms with Gasteiger partial charge in [0.25, 0.3) is 0 Å². The Labute approximate surface area is 146 Å². The van der Waals surface area contributed by atoms with Crippen LogP contribution in [0.4, 0.5) is 11.4 Å². The zero-order chi connectivity index (χ0) is 17.6. The zero-order valence-corrected chi connectivity index (χ0v) is 14.0. The first-order chi connectivity index (χ1) is 12.1. The lowest BCUT2D eigenvalue weighted by Gasteiger charge is -2.21. The third-order valence-electron chi connectivity index (χ3n) is 3.89. The fourth-order valence-electron chi connectivity index (χ4n) is 2.51. The predicted octanol–water partition coefficient (Wildman–Crippen LogP) is 2.54. The van der Waals surface area contributed by atoms with Crippen LogP contribution < -0.4 is 16.0 Å². The number of hydrogen-bond donors (Lipinski definition) is 3. The van der Waals surface area contributed by atoms with Crippen molar-refractivity contribution in [2.24, 2.45) is 4.99 Å². The number of para-hydroxylation sites is 1. The van der Waals surface area contributed by atoms with E-state index in [0.717, 1.165) is 12.1 Å². The number of hydrogen-bond acceptors (Lipinski definition) is 4. The van der Waals surface area contributed by atoms with Gasteiger partial charge in [-0.15, -0.1) is 0 Å². The number of carbonyl (C=O) groups excluding carboxylic acids is 2. The molecule has 2 aromatic rings. The molecule has 1 aliphatic heterocycles. The predicted molar refractivity (Wildman–Crippen MR) is 98.5 cm³/mol. The highest BCUT2D eigenvalue weighted by Gasteiger charge is 2.27. The Morgan fingerprint density at radius 3 is 2.52 bits per heavy atom. The molecule has 0 radical (unpaired) electrons. The van der Waals surface area contributed by atoms with Gasteiger partial charge in [-0.05, 0) is 36.2 Å². The number of rotatable bonds is 4. The zero-order valence-electron chi connectivity index (χ0n) is 14.0. The summed E-state index contributed by atoms with van der Waals surface area (Å²) in [5.41, 5.74) is 2.71. The Hall–Kier alpha value is -3.15. The molecule has 2 aromatic carbocycles. The van der Waals surface area contributed by atoms with Crippen molar-refractivity contribution in [2.45, 2.75) is 25.8 Å². The largest absolute Gasteiger partial charge is 0.326 e. The Morgan fingerprint density at radius 2 is 1.84 bits per heavy atom. The van der Waals surface area contributed by atoms with Gasteiger partial charge in [-0.25, -0.2) is 4.99 Å². The normalized spacial score (nSPS) is 16.6. The molecular weight excluding hydrogens is 316 g/mol. The fraction of sp³-hybridized carbons (Fsp3) is 0.211. The molecule has 0 aromatic heterocycles. The SMILES string of the molecule is CCc1ccc(NC2=NC(C(=O)Nc3ccccc3)CC(=O)N2)cc1. The summed E-state index contributed by atoms with van der Waals surface area (Å²) in [6.07, 6.45) is 0.984. The van der Waals surface area contributed by atoms with Crippen LogP contribution in [0, 0.1) is 0 Å². The molecule has 3 N–H and O–H groups in total. The highest BCUT2D eigenvalue weighted by atomic mass is 16.2. The van der Waals surface area contributed by atoms with Crippen molar-refractivity contribution in [3.8, 4) is 0 Å². The van der Waals surface area contributed by atoms with Gasteiger partial charge < -0.3 is 10.6 Å². The second-order valence-electron chi connectivity index (χ2n) is 5.78. The molecule has 1 aliphatic rings. The number of nitrogens with one attached hydrogen (secondary N) is 3. The van der Waals surface area contributed by atoms with E-state index in [1.165, 1.54) is 5.56 Å². The van der Waals surface area contributed by atoms with E-state index in [2.05, 4.69) is 27.9 Å². The van der Waals surface area contributed by atoms with Gasteiger partial charge in [-0.2, -0.15) is 0 Å². The van der Waals surface area contributed by atoms with Crippen LogP contribution in [0.2, 0.25) is 0 Å². The quantitative estimate of drug-likeness (QED) is 0.802. The van der Waals surface area contributed by atoms with E-state index < -0.39 is 6.04 Å². The topological polar surface area (TPSA) is 82.6 Å². The van der Waals surface area contributed by atoms with Crippen LogP contribution in [0.3, 0.4) is 0 Å². The summed E-state index contributed by atoms with van der Waals surface area (Å²) in [5, 5.41) is 8.49. The van der Waals surface area contributed by atoms with Gasteiger partial charge in [-0.1, -0.05) is 37.3 Å². The highest BCUT2D eigenvalue weighted by molar-refractivity contribution is 6.09. The molecule has 1 atom stereocenters. The van der Waals surface area contributed by atoms with Crippen molar-refractivity contribution in [1.29, 1.82) is 0 Å². The average molecular weight is 336 g/mol. The molecule has 0 fully saturated rings. The maximum atomic E-state index is 12.4. The molecule has 2 amide bonds. The number of anilines is 2. The Kier molecular flexibility index (Phi) is 5.09. The number of aryl methyl sites for hydroxylation is 1. The monoisotopic (exact) mass is 336 g/mol. The van der Waals surface area contributed by atoms with E-state index in [9.17, 15) is 9.59 Å². The number of amides is 2. The maximum absolute atomic E-state index is 12.4. The van der Waals surface area contributed by atoms with Gasteiger partial charge in [0.15, 0.2) is 0 Å². The van der Waals surface area contributed by atoms with E-state index >= 15 is 0 Å². The first-order valence-electron chi connectivity index (χ1n) is 8.23. The van der Waals surface area contributed by atoms with Gasteiger partial charge in [-0.3, -0.25) is 14.9 Å². The van der Waals surface area contributed by atoms with E-state index in [0.29, 0.717) is 5.69 Å². The summed E-state index contributed by atoms with van der Waals surface area (Å²) in [5.74, 6) is -0.258. The van der Waals surface area contributed by atoms with Crippen LogP contribution in [0.15, 0.2) is 59.6 Å². The lowest BCUT2D eigenvalue weighted by Crippen LogP contribution is -2.45. The first-order valence-corrected chi connectivity index (χ1v) is 8.23. The maximum Gasteiger partial charge on any atom is 0.249 e. The third-order valence-corrected chi connectivity index (χ3v) is 3.89. The summed E-state index contributed by atoms with van der Waals surface area (Å²) in [4.78, 5) is 28.6. The van der Waals surface area contributed by atoms with Crippen LogP contribution in [0.25, 0.3) is 0 Å². The van der Waals surface area contributed by atoms with Crippen LogP contribution in [-0.2, 0) is 16.0 Å². The van der Waals surface area contributed by atoms with Crippen molar-refractivity contribution >= 4 is 29.1 Å².